The summed E-state index contributed by atoms with van der Waals surface area (Å²) < 4.78 is 67.2. The standard InChI is InChI=1S/C14H20N6O9S4/c15-4-5-16-12-18-13(20-14(19-12)30-6-1-7-32(22,23)24)17-10-8-9(33(25,26)27)2-3-11(10)31-29-28-21/h2-3,8,21H,1,4-7,15H2,(H,22,23,24)(H,25,26,27)(H2,16,17,18,19,20). The third-order valence-corrected chi connectivity index (χ3v) is 6.72. The van der Waals surface area contributed by atoms with Gasteiger partial charge in [0, 0.05) is 18.8 Å². The number of aromatic nitrogens is 3. The lowest BCUT2D eigenvalue weighted by atomic mass is 10.3. The maximum atomic E-state index is 11.5. The first kappa shape index (κ1) is 27.4. The summed E-state index contributed by atoms with van der Waals surface area (Å²) in [6.45, 7) is 0.609. The zero-order valence-electron chi connectivity index (χ0n) is 16.6. The number of nitrogens with two attached hydrogens (primary N) is 1. The van der Waals surface area contributed by atoms with E-state index in [0.717, 1.165) is 23.9 Å². The second kappa shape index (κ2) is 12.6. The summed E-state index contributed by atoms with van der Waals surface area (Å²) in [5.41, 5.74) is 5.55. The van der Waals surface area contributed by atoms with Crippen molar-refractivity contribution in [1.29, 1.82) is 0 Å². The highest BCUT2D eigenvalue weighted by Gasteiger charge is 2.16. The lowest BCUT2D eigenvalue weighted by molar-refractivity contribution is -0.432. The van der Waals surface area contributed by atoms with Gasteiger partial charge in [0.15, 0.2) is 5.16 Å². The number of nitrogens with zero attached hydrogens (tertiary/aromatic N) is 3. The third kappa shape index (κ3) is 9.92. The molecule has 0 bridgehead atoms. The highest BCUT2D eigenvalue weighted by atomic mass is 32.2. The third-order valence-electron chi connectivity index (χ3n) is 3.47. The maximum absolute atomic E-state index is 11.5. The Morgan fingerprint density at radius 2 is 1.82 bits per heavy atom. The van der Waals surface area contributed by atoms with Crippen LogP contribution in [0.4, 0.5) is 17.6 Å². The van der Waals surface area contributed by atoms with Gasteiger partial charge >= 0.3 is 0 Å². The molecule has 1 aromatic carbocycles. The summed E-state index contributed by atoms with van der Waals surface area (Å²) in [5, 5.41) is 17.8. The fraction of sp³-hybridized carbons (Fsp3) is 0.357. The summed E-state index contributed by atoms with van der Waals surface area (Å²) in [4.78, 5) is 12.3. The molecule has 15 nitrogen and oxygen atoms in total. The monoisotopic (exact) mass is 544 g/mol. The molecule has 0 unspecified atom stereocenters. The average Bonchev–Trinajstić information content (AvgIpc) is 2.73. The molecular formula is C14H20N6O9S4. The SMILES string of the molecule is NCCNc1nc(Nc2cc(S(=O)(=O)O)ccc2SOOO)nc(SCCCS(=O)(=O)O)n1. The largest absolute Gasteiger partial charge is 0.353 e. The van der Waals surface area contributed by atoms with E-state index in [1.807, 2.05) is 0 Å². The molecule has 33 heavy (non-hydrogen) atoms. The topological polar surface area (TPSA) is 236 Å². The Bertz CT molecular complexity index is 1150. The van der Waals surface area contributed by atoms with Crippen molar-refractivity contribution >= 4 is 61.6 Å². The van der Waals surface area contributed by atoms with E-state index in [0.29, 0.717) is 18.6 Å². The minimum Gasteiger partial charge on any atom is -0.353 e. The Labute approximate surface area is 197 Å². The van der Waals surface area contributed by atoms with Crippen LogP contribution in [-0.2, 0) is 29.6 Å². The Hall–Kier alpha value is -1.81. The summed E-state index contributed by atoms with van der Waals surface area (Å²) in [6.07, 6.45) is 0.138. The van der Waals surface area contributed by atoms with Crippen LogP contribution in [0.1, 0.15) is 6.42 Å². The van der Waals surface area contributed by atoms with Crippen molar-refractivity contribution in [2.75, 3.05) is 35.2 Å². The van der Waals surface area contributed by atoms with Crippen LogP contribution < -0.4 is 16.4 Å². The van der Waals surface area contributed by atoms with Gasteiger partial charge in [-0.1, -0.05) is 16.8 Å². The predicted molar refractivity (Wildman–Crippen MR) is 119 cm³/mol. The van der Waals surface area contributed by atoms with E-state index in [1.165, 1.54) is 6.07 Å². The molecular weight excluding hydrogens is 524 g/mol. The van der Waals surface area contributed by atoms with Gasteiger partial charge in [0.1, 0.15) is 0 Å². The first-order chi connectivity index (χ1) is 15.5. The van der Waals surface area contributed by atoms with Crippen molar-refractivity contribution < 1.29 is 40.6 Å². The van der Waals surface area contributed by atoms with Crippen molar-refractivity contribution in [3.05, 3.63) is 18.2 Å². The number of hydrogen-bond donors (Lipinski definition) is 6. The van der Waals surface area contributed by atoms with Crippen LogP contribution in [0.15, 0.2) is 33.1 Å². The van der Waals surface area contributed by atoms with E-state index >= 15 is 0 Å². The summed E-state index contributed by atoms with van der Waals surface area (Å²) >= 11 is 1.62. The normalized spacial score (nSPS) is 12.0. The second-order valence-corrected chi connectivity index (χ2v) is 10.8. The fourth-order valence-corrected chi connectivity index (χ4v) is 4.56. The first-order valence-electron chi connectivity index (χ1n) is 8.83. The van der Waals surface area contributed by atoms with Gasteiger partial charge in [0.05, 0.1) is 33.3 Å². The average molecular weight is 545 g/mol. The molecule has 7 N–H and O–H groups in total. The smallest absolute Gasteiger partial charge is 0.294 e. The van der Waals surface area contributed by atoms with Crippen LogP contribution in [0, 0.1) is 0 Å². The number of thioether (sulfide) groups is 1. The number of hydrogen-bond acceptors (Lipinski definition) is 15. The van der Waals surface area contributed by atoms with Crippen molar-refractivity contribution in [3.63, 3.8) is 0 Å². The highest BCUT2D eigenvalue weighted by Crippen LogP contribution is 2.32. The van der Waals surface area contributed by atoms with Crippen molar-refractivity contribution in [2.24, 2.45) is 5.73 Å². The maximum Gasteiger partial charge on any atom is 0.294 e. The number of rotatable bonds is 14. The molecule has 0 atom stereocenters. The molecule has 2 aromatic rings. The van der Waals surface area contributed by atoms with Gasteiger partial charge < -0.3 is 16.4 Å². The predicted octanol–water partition coefficient (Wildman–Crippen LogP) is 1.03. The second-order valence-electron chi connectivity index (χ2n) is 5.95. The quantitative estimate of drug-likeness (QED) is 0.0486. The molecule has 0 saturated carbocycles. The van der Waals surface area contributed by atoms with Crippen LogP contribution in [-0.4, -0.2) is 70.7 Å². The van der Waals surface area contributed by atoms with Crippen LogP contribution in [0.3, 0.4) is 0 Å². The lowest BCUT2D eigenvalue weighted by Gasteiger charge is -2.12. The van der Waals surface area contributed by atoms with Gasteiger partial charge in [-0.25, -0.2) is 5.26 Å². The van der Waals surface area contributed by atoms with Gasteiger partial charge in [-0.05, 0) is 24.6 Å². The van der Waals surface area contributed by atoms with Crippen LogP contribution in [0.2, 0.25) is 0 Å². The minimum atomic E-state index is -4.53. The van der Waals surface area contributed by atoms with Gasteiger partial charge in [-0.3, -0.25) is 9.11 Å². The summed E-state index contributed by atoms with van der Waals surface area (Å²) in [6, 6.07) is 3.45. The molecule has 2 rings (SSSR count). The molecule has 19 heteroatoms. The molecule has 0 spiro atoms. The Kier molecular flexibility index (Phi) is 10.5. The molecule has 184 valence electrons. The zero-order chi connectivity index (χ0) is 24.5. The summed E-state index contributed by atoms with van der Waals surface area (Å²) in [7, 11) is -8.63. The van der Waals surface area contributed by atoms with E-state index in [9.17, 15) is 21.4 Å². The van der Waals surface area contributed by atoms with E-state index in [1.54, 1.807) is 0 Å². The van der Waals surface area contributed by atoms with Crippen LogP contribution in [0.5, 0.6) is 0 Å². The van der Waals surface area contributed by atoms with E-state index < -0.39 is 30.9 Å². The Balaban J connectivity index is 2.33. The molecule has 0 radical (unpaired) electrons. The fourth-order valence-electron chi connectivity index (χ4n) is 2.16. The molecule has 0 aliphatic heterocycles. The molecule has 0 aliphatic carbocycles. The minimum absolute atomic E-state index is 0.0407. The van der Waals surface area contributed by atoms with Crippen molar-refractivity contribution in [1.82, 2.24) is 15.0 Å². The Morgan fingerprint density at radius 1 is 1.09 bits per heavy atom. The molecule has 0 aliphatic rings. The number of benzene rings is 1. The van der Waals surface area contributed by atoms with Crippen LogP contribution >= 0.6 is 23.8 Å². The van der Waals surface area contributed by atoms with Crippen LogP contribution in [0.25, 0.3) is 0 Å². The van der Waals surface area contributed by atoms with Gasteiger partial charge in [0.25, 0.3) is 20.2 Å². The van der Waals surface area contributed by atoms with Gasteiger partial charge in [-0.2, -0.15) is 31.8 Å². The first-order valence-corrected chi connectivity index (χ1v) is 13.6. The molecule has 1 aromatic heterocycles. The highest BCUT2D eigenvalue weighted by molar-refractivity contribution is 7.99. The molecule has 0 saturated heterocycles. The zero-order valence-corrected chi connectivity index (χ0v) is 19.9. The van der Waals surface area contributed by atoms with Gasteiger partial charge in [0.2, 0.25) is 11.9 Å². The lowest BCUT2D eigenvalue weighted by Crippen LogP contribution is -2.16. The Morgan fingerprint density at radius 3 is 2.45 bits per heavy atom. The van der Waals surface area contributed by atoms with E-state index in [-0.39, 0.29) is 46.4 Å². The van der Waals surface area contributed by atoms with Crippen molar-refractivity contribution in [2.45, 2.75) is 21.4 Å². The van der Waals surface area contributed by atoms with E-state index in [2.05, 4.69) is 35.0 Å². The molecule has 1 heterocycles. The summed E-state index contributed by atoms with van der Waals surface area (Å²) in [5.74, 6) is -0.0725. The van der Waals surface area contributed by atoms with E-state index in [4.69, 9.17) is 15.5 Å². The number of nitrogens with one attached hydrogen (secondary N) is 2. The van der Waals surface area contributed by atoms with Crippen molar-refractivity contribution in [3.8, 4) is 0 Å². The molecule has 0 amide bonds. The number of anilines is 3. The molecule has 0 fully saturated rings. The van der Waals surface area contributed by atoms with Gasteiger partial charge in [-0.15, -0.1) is 4.33 Å².